The van der Waals surface area contributed by atoms with Crippen molar-refractivity contribution in [3.05, 3.63) is 59.2 Å². The molecule has 0 unspecified atom stereocenters. The van der Waals surface area contributed by atoms with Crippen molar-refractivity contribution in [2.75, 3.05) is 6.54 Å². The minimum absolute atomic E-state index is 0.264. The van der Waals surface area contributed by atoms with Crippen LogP contribution in [0.4, 0.5) is 26.3 Å². The Morgan fingerprint density at radius 2 is 1.56 bits per heavy atom. The molecule has 0 saturated heterocycles. The summed E-state index contributed by atoms with van der Waals surface area (Å²) in [4.78, 5) is 40.7. The van der Waals surface area contributed by atoms with Crippen LogP contribution in [0.2, 0.25) is 0 Å². The number of amides is 1. The Balaban J connectivity index is 0.000000317. The number of alkyl halides is 6. The summed E-state index contributed by atoms with van der Waals surface area (Å²) in [5.41, 5.74) is 4.68. The van der Waals surface area contributed by atoms with Crippen LogP contribution >= 0.6 is 0 Å². The third kappa shape index (κ3) is 10.1. The van der Waals surface area contributed by atoms with E-state index in [1.807, 2.05) is 35.6 Å². The van der Waals surface area contributed by atoms with Gasteiger partial charge in [-0.15, -0.1) is 0 Å². The second-order valence-electron chi connectivity index (χ2n) is 8.53. The molecule has 214 valence electrons. The molecule has 0 bridgehead atoms. The molecule has 15 heteroatoms. The molecular formula is C24H25F6N3O6. The van der Waals surface area contributed by atoms with Crippen LogP contribution < -0.4 is 0 Å². The van der Waals surface area contributed by atoms with Gasteiger partial charge in [0.15, 0.2) is 0 Å². The predicted octanol–water partition coefficient (Wildman–Crippen LogP) is 4.14. The first kappa shape index (κ1) is 31.5. The van der Waals surface area contributed by atoms with Gasteiger partial charge in [-0.3, -0.25) is 14.8 Å². The van der Waals surface area contributed by atoms with Crippen molar-refractivity contribution in [3.63, 3.8) is 0 Å². The van der Waals surface area contributed by atoms with Crippen molar-refractivity contribution in [2.24, 2.45) is 5.92 Å². The highest BCUT2D eigenvalue weighted by Gasteiger charge is 2.39. The zero-order chi connectivity index (χ0) is 29.2. The Morgan fingerprint density at radius 3 is 2.05 bits per heavy atom. The maximum atomic E-state index is 12.5. The number of carbonyl (C=O) groups excluding carboxylic acids is 1. The number of aromatic nitrogens is 2. The quantitative estimate of drug-likeness (QED) is 0.518. The van der Waals surface area contributed by atoms with Crippen LogP contribution in [0.3, 0.4) is 0 Å². The third-order valence-corrected chi connectivity index (χ3v) is 5.73. The van der Waals surface area contributed by atoms with E-state index in [-0.39, 0.29) is 5.92 Å². The molecule has 0 atom stereocenters. The zero-order valence-electron chi connectivity index (χ0n) is 20.3. The lowest BCUT2D eigenvalue weighted by molar-refractivity contribution is -0.193. The summed E-state index contributed by atoms with van der Waals surface area (Å²) in [6.07, 6.45) is 1.42. The molecule has 39 heavy (non-hydrogen) atoms. The normalized spacial score (nSPS) is 15.0. The molecule has 1 saturated carbocycles. The van der Waals surface area contributed by atoms with Crippen LogP contribution in [-0.2, 0) is 45.3 Å². The van der Waals surface area contributed by atoms with Gasteiger partial charge in [-0.1, -0.05) is 12.5 Å². The lowest BCUT2D eigenvalue weighted by Crippen LogP contribution is -2.42. The van der Waals surface area contributed by atoms with Gasteiger partial charge in [0.25, 0.3) is 0 Å². The highest BCUT2D eigenvalue weighted by molar-refractivity contribution is 5.80. The predicted molar refractivity (Wildman–Crippen MR) is 121 cm³/mol. The molecule has 0 aromatic carbocycles. The van der Waals surface area contributed by atoms with Crippen molar-refractivity contribution in [2.45, 2.75) is 57.8 Å². The van der Waals surface area contributed by atoms with E-state index in [2.05, 4.69) is 9.97 Å². The van der Waals surface area contributed by atoms with E-state index in [1.54, 1.807) is 6.20 Å². The Labute approximate surface area is 218 Å². The molecule has 3 heterocycles. The number of halogens is 6. The van der Waals surface area contributed by atoms with Crippen LogP contribution in [-0.4, -0.2) is 61.8 Å². The van der Waals surface area contributed by atoms with E-state index < -0.39 is 24.3 Å². The number of hydrogen-bond donors (Lipinski definition) is 2. The van der Waals surface area contributed by atoms with Crippen LogP contribution in [0.25, 0.3) is 0 Å². The number of nitrogens with zero attached hydrogens (tertiary/aromatic N) is 3. The molecule has 2 aromatic rings. The van der Waals surface area contributed by atoms with E-state index in [0.717, 1.165) is 36.9 Å². The van der Waals surface area contributed by atoms with Crippen LogP contribution in [0.5, 0.6) is 0 Å². The van der Waals surface area contributed by atoms with Gasteiger partial charge in [-0.25, -0.2) is 9.59 Å². The van der Waals surface area contributed by atoms with Crippen molar-refractivity contribution >= 4 is 17.8 Å². The second kappa shape index (κ2) is 13.9. The molecule has 1 amide bonds. The van der Waals surface area contributed by atoms with Crippen LogP contribution in [0.1, 0.15) is 41.5 Å². The van der Waals surface area contributed by atoms with E-state index in [1.165, 1.54) is 17.5 Å². The third-order valence-electron chi connectivity index (χ3n) is 5.73. The number of carboxylic acid groups (broad SMARTS) is 2. The fourth-order valence-corrected chi connectivity index (χ4v) is 3.56. The number of rotatable bonds is 5. The van der Waals surface area contributed by atoms with Crippen molar-refractivity contribution in [1.82, 2.24) is 14.9 Å². The lowest BCUT2D eigenvalue weighted by Gasteiger charge is -2.35. The molecule has 2 aromatic heterocycles. The van der Waals surface area contributed by atoms with E-state index in [4.69, 9.17) is 24.5 Å². The number of carbonyl (C=O) groups is 3. The van der Waals surface area contributed by atoms with Gasteiger partial charge in [-0.2, -0.15) is 26.3 Å². The SMILES string of the molecule is O=C(C1CCC1)N1CCc2c(COCc3cccnc3)cncc2C1.O=C(O)C(F)(F)F.O=C(O)C(F)(F)F. The molecule has 9 nitrogen and oxygen atoms in total. The van der Waals surface area contributed by atoms with Gasteiger partial charge in [-0.05, 0) is 47.6 Å². The average molecular weight is 565 g/mol. The minimum Gasteiger partial charge on any atom is -0.475 e. The van der Waals surface area contributed by atoms with Crippen molar-refractivity contribution in [1.29, 1.82) is 0 Å². The largest absolute Gasteiger partial charge is 0.490 e. The molecule has 1 fully saturated rings. The minimum atomic E-state index is -5.08. The van der Waals surface area contributed by atoms with E-state index in [9.17, 15) is 31.1 Å². The average Bonchev–Trinajstić information content (AvgIpc) is 2.83. The molecule has 2 aliphatic rings. The smallest absolute Gasteiger partial charge is 0.475 e. The molecule has 0 radical (unpaired) electrons. The van der Waals surface area contributed by atoms with Gasteiger partial charge in [0.2, 0.25) is 5.91 Å². The molecule has 2 N–H and O–H groups in total. The zero-order valence-corrected chi connectivity index (χ0v) is 20.3. The van der Waals surface area contributed by atoms with Crippen molar-refractivity contribution in [3.8, 4) is 0 Å². The topological polar surface area (TPSA) is 130 Å². The summed E-state index contributed by atoms with van der Waals surface area (Å²) < 4.78 is 69.3. The molecule has 1 aliphatic heterocycles. The number of hydrogen-bond acceptors (Lipinski definition) is 6. The highest BCUT2D eigenvalue weighted by Crippen LogP contribution is 2.31. The Morgan fingerprint density at radius 1 is 0.949 bits per heavy atom. The van der Waals surface area contributed by atoms with E-state index in [0.29, 0.717) is 25.7 Å². The molecule has 4 rings (SSSR count). The fourth-order valence-electron chi connectivity index (χ4n) is 3.56. The van der Waals surface area contributed by atoms with Crippen molar-refractivity contribution < 1.29 is 55.7 Å². The maximum Gasteiger partial charge on any atom is 0.490 e. The fraction of sp³-hybridized carbons (Fsp3) is 0.458. The van der Waals surface area contributed by atoms with Gasteiger partial charge < -0.3 is 19.8 Å². The Bertz CT molecular complexity index is 1100. The standard InChI is InChI=1S/C20H23N3O2.2C2HF3O2/c24-20(16-4-1-5-16)23-8-6-19-17(12-23)10-22-11-18(19)14-25-13-15-3-2-7-21-9-15;2*3-2(4,5)1(6)7/h2-3,7,9-11,16H,1,4-6,8,12-14H2;2*(H,6,7). The van der Waals surface area contributed by atoms with Gasteiger partial charge in [0.1, 0.15) is 0 Å². The first-order valence-corrected chi connectivity index (χ1v) is 11.5. The first-order chi connectivity index (χ1) is 18.2. The number of carboxylic acids is 2. The highest BCUT2D eigenvalue weighted by atomic mass is 19.4. The van der Waals surface area contributed by atoms with Gasteiger partial charge >= 0.3 is 24.3 Å². The number of aliphatic carboxylic acids is 2. The number of pyridine rings is 2. The molecular weight excluding hydrogens is 540 g/mol. The summed E-state index contributed by atoms with van der Waals surface area (Å²) in [5, 5.41) is 14.2. The summed E-state index contributed by atoms with van der Waals surface area (Å²) in [6.45, 7) is 2.58. The van der Waals surface area contributed by atoms with Gasteiger partial charge in [0.05, 0.1) is 13.2 Å². The lowest BCUT2D eigenvalue weighted by atomic mass is 9.83. The molecule has 1 aliphatic carbocycles. The van der Waals surface area contributed by atoms with Crippen LogP contribution in [0, 0.1) is 5.92 Å². The second-order valence-corrected chi connectivity index (χ2v) is 8.53. The van der Waals surface area contributed by atoms with Gasteiger partial charge in [0, 0.05) is 43.8 Å². The van der Waals surface area contributed by atoms with Crippen LogP contribution in [0.15, 0.2) is 36.9 Å². The van der Waals surface area contributed by atoms with E-state index >= 15 is 0 Å². The number of fused-ring (bicyclic) bond motifs is 1. The maximum absolute atomic E-state index is 12.5. The Hall–Kier alpha value is -3.75. The summed E-state index contributed by atoms with van der Waals surface area (Å²) in [6, 6.07) is 3.92. The Kier molecular flexibility index (Phi) is 11.2. The summed E-state index contributed by atoms with van der Waals surface area (Å²) in [5.74, 6) is -4.92. The molecule has 0 spiro atoms. The monoisotopic (exact) mass is 565 g/mol. The number of ether oxygens (including phenoxy) is 1. The first-order valence-electron chi connectivity index (χ1n) is 11.5. The summed E-state index contributed by atoms with van der Waals surface area (Å²) in [7, 11) is 0. The summed E-state index contributed by atoms with van der Waals surface area (Å²) >= 11 is 0.